The Morgan fingerprint density at radius 3 is 2.51 bits per heavy atom. The van der Waals surface area contributed by atoms with Crippen molar-refractivity contribution in [2.24, 2.45) is 10.7 Å². The van der Waals surface area contributed by atoms with Crippen molar-refractivity contribution in [1.29, 1.82) is 0 Å². The predicted octanol–water partition coefficient (Wildman–Crippen LogP) is 6.36. The summed E-state index contributed by atoms with van der Waals surface area (Å²) in [6, 6.07) is 18.0. The zero-order valence-corrected chi connectivity index (χ0v) is 23.4. The number of carbonyl (C=O) groups is 2. The molecule has 190 valence electrons. The van der Waals surface area contributed by atoms with Crippen LogP contribution < -0.4 is 21.1 Å². The first-order valence-corrected chi connectivity index (χ1v) is 13.3. The summed E-state index contributed by atoms with van der Waals surface area (Å²) in [7, 11) is 1.51. The number of para-hydroxylation sites is 1. The maximum absolute atomic E-state index is 13.5. The molecule has 1 atom stereocenters. The molecule has 0 unspecified atom stereocenters. The van der Waals surface area contributed by atoms with Gasteiger partial charge in [0.25, 0.3) is 5.91 Å². The Morgan fingerprint density at radius 2 is 1.84 bits per heavy atom. The largest absolute Gasteiger partial charge is 0.495 e. The Bertz CT molecular complexity index is 1460. The van der Waals surface area contributed by atoms with Gasteiger partial charge in [0.05, 0.1) is 29.1 Å². The van der Waals surface area contributed by atoms with E-state index >= 15 is 0 Å². The molecule has 0 aromatic heterocycles. The number of carbonyl (C=O) groups excluding carboxylic acids is 2. The molecule has 2 amide bonds. The van der Waals surface area contributed by atoms with E-state index in [1.165, 1.54) is 7.11 Å². The number of rotatable bonds is 6. The van der Waals surface area contributed by atoms with Gasteiger partial charge in [-0.2, -0.15) is 0 Å². The minimum atomic E-state index is -0.850. The Balaban J connectivity index is 1.70. The van der Waals surface area contributed by atoms with Crippen LogP contribution in [0.25, 0.3) is 0 Å². The molecule has 0 radical (unpaired) electrons. The third kappa shape index (κ3) is 6.01. The normalized spacial score (nSPS) is 16.1. The van der Waals surface area contributed by atoms with Crippen LogP contribution in [0.2, 0.25) is 5.02 Å². The van der Waals surface area contributed by atoms with E-state index in [-0.39, 0.29) is 17.2 Å². The Kier molecular flexibility index (Phi) is 8.26. The number of benzene rings is 3. The summed E-state index contributed by atoms with van der Waals surface area (Å²) in [5.74, 6) is -0.375. The Labute approximate surface area is 232 Å². The second-order valence-electron chi connectivity index (χ2n) is 8.31. The van der Waals surface area contributed by atoms with Crippen LogP contribution in [0, 0.1) is 13.8 Å². The van der Waals surface area contributed by atoms with E-state index in [2.05, 4.69) is 26.6 Å². The second kappa shape index (κ2) is 11.4. The van der Waals surface area contributed by atoms with Crippen LogP contribution in [-0.4, -0.2) is 29.2 Å². The second-order valence-corrected chi connectivity index (χ2v) is 10.7. The lowest BCUT2D eigenvalue weighted by Crippen LogP contribution is -2.29. The van der Waals surface area contributed by atoms with Gasteiger partial charge in [-0.3, -0.25) is 9.59 Å². The Hall–Kier alpha value is -3.27. The number of methoxy groups -OCH3 is 1. The minimum absolute atomic E-state index is 0.121. The molecule has 0 saturated heterocycles. The number of halogens is 2. The van der Waals surface area contributed by atoms with Crippen molar-refractivity contribution < 1.29 is 14.3 Å². The molecule has 0 spiro atoms. The molecular formula is C27H24BrClN4O3S. The molecule has 1 aliphatic rings. The summed E-state index contributed by atoms with van der Waals surface area (Å²) < 4.78 is 5.91. The molecule has 0 saturated carbocycles. The third-order valence-corrected chi connectivity index (χ3v) is 7.80. The van der Waals surface area contributed by atoms with E-state index in [1.807, 2.05) is 50.2 Å². The number of aliphatic imine (C=N–C) groups is 1. The van der Waals surface area contributed by atoms with Gasteiger partial charge in [-0.15, -0.1) is 0 Å². The standard InChI is InChI=1S/C27H24BrClN4O3S/c1-14-8-10-19(15(2)12-14)33-27-22(25(34)31-16-9-11-21(36-3)18(29)13-16)23(30)24(37-27)26(35)32-20-7-5-4-6-17(20)28/h4-13,24H,30H2,1-3H3,(H,31,34)(H,32,35)/t24-/m1/s1. The summed E-state index contributed by atoms with van der Waals surface area (Å²) >= 11 is 10.8. The molecule has 0 fully saturated rings. The highest BCUT2D eigenvalue weighted by atomic mass is 79.9. The molecule has 37 heavy (non-hydrogen) atoms. The maximum Gasteiger partial charge on any atom is 0.260 e. The number of aryl methyl sites for hydroxylation is 2. The van der Waals surface area contributed by atoms with Crippen LogP contribution in [-0.2, 0) is 9.59 Å². The van der Waals surface area contributed by atoms with Gasteiger partial charge < -0.3 is 21.1 Å². The Morgan fingerprint density at radius 1 is 1.08 bits per heavy atom. The summed E-state index contributed by atoms with van der Waals surface area (Å²) in [5, 5.41) is 5.54. The van der Waals surface area contributed by atoms with Crippen molar-refractivity contribution in [3.63, 3.8) is 0 Å². The van der Waals surface area contributed by atoms with Gasteiger partial charge >= 0.3 is 0 Å². The highest BCUT2D eigenvalue weighted by Crippen LogP contribution is 2.37. The van der Waals surface area contributed by atoms with Gasteiger partial charge in [0.15, 0.2) is 0 Å². The summed E-state index contributed by atoms with van der Waals surface area (Å²) in [6.45, 7) is 3.93. The number of amides is 2. The lowest BCUT2D eigenvalue weighted by Gasteiger charge is -2.12. The number of nitrogens with one attached hydrogen (secondary N) is 2. The topological polar surface area (TPSA) is 106 Å². The quantitative estimate of drug-likeness (QED) is 0.306. The molecule has 1 aliphatic heterocycles. The van der Waals surface area contributed by atoms with Gasteiger partial charge in [0.2, 0.25) is 5.91 Å². The molecule has 0 bridgehead atoms. The van der Waals surface area contributed by atoms with Gasteiger partial charge in [-0.1, -0.05) is 53.2 Å². The lowest BCUT2D eigenvalue weighted by molar-refractivity contribution is -0.115. The third-order valence-electron chi connectivity index (χ3n) is 5.60. The SMILES string of the molecule is COc1ccc(NC(=O)C2=C(N)[C@H](C(=O)Nc3ccccc3Br)SC2=Nc2ccc(C)cc2C)cc1Cl. The van der Waals surface area contributed by atoms with Crippen molar-refractivity contribution >= 4 is 73.2 Å². The molecule has 0 aliphatic carbocycles. The number of nitrogens with two attached hydrogens (primary N) is 1. The van der Waals surface area contributed by atoms with E-state index in [0.29, 0.717) is 32.9 Å². The first kappa shape index (κ1) is 26.8. The van der Waals surface area contributed by atoms with Gasteiger partial charge in [0, 0.05) is 15.9 Å². The zero-order chi connectivity index (χ0) is 26.7. The monoisotopic (exact) mass is 598 g/mol. The first-order chi connectivity index (χ1) is 17.7. The van der Waals surface area contributed by atoms with Crippen molar-refractivity contribution in [3.8, 4) is 5.75 Å². The van der Waals surface area contributed by atoms with Crippen molar-refractivity contribution in [2.75, 3.05) is 17.7 Å². The van der Waals surface area contributed by atoms with Gasteiger partial charge in [0.1, 0.15) is 16.0 Å². The minimum Gasteiger partial charge on any atom is -0.495 e. The molecule has 4 rings (SSSR count). The van der Waals surface area contributed by atoms with Gasteiger partial charge in [-0.05, 0) is 71.7 Å². The summed E-state index contributed by atoms with van der Waals surface area (Å²) in [5.41, 5.74) is 10.5. The molecular weight excluding hydrogens is 576 g/mol. The fraction of sp³-hybridized carbons (Fsp3) is 0.148. The van der Waals surface area contributed by atoms with Gasteiger partial charge in [-0.25, -0.2) is 4.99 Å². The van der Waals surface area contributed by atoms with Crippen LogP contribution in [0.5, 0.6) is 5.75 Å². The van der Waals surface area contributed by atoms with Crippen LogP contribution in [0.3, 0.4) is 0 Å². The molecule has 7 nitrogen and oxygen atoms in total. The molecule has 10 heteroatoms. The number of ether oxygens (including phenoxy) is 1. The number of hydrogen-bond donors (Lipinski definition) is 3. The van der Waals surface area contributed by atoms with Crippen molar-refractivity contribution in [2.45, 2.75) is 19.1 Å². The average molecular weight is 600 g/mol. The highest BCUT2D eigenvalue weighted by molar-refractivity contribution is 9.10. The van der Waals surface area contributed by atoms with E-state index in [4.69, 9.17) is 27.1 Å². The van der Waals surface area contributed by atoms with E-state index < -0.39 is 11.2 Å². The molecule has 4 N–H and O–H groups in total. The van der Waals surface area contributed by atoms with Crippen LogP contribution in [0.4, 0.5) is 17.1 Å². The number of nitrogens with zero attached hydrogens (tertiary/aromatic N) is 1. The lowest BCUT2D eigenvalue weighted by atomic mass is 10.1. The van der Waals surface area contributed by atoms with E-state index in [0.717, 1.165) is 27.4 Å². The van der Waals surface area contributed by atoms with E-state index in [9.17, 15) is 9.59 Å². The van der Waals surface area contributed by atoms with Crippen LogP contribution in [0.1, 0.15) is 11.1 Å². The maximum atomic E-state index is 13.5. The number of thioether (sulfide) groups is 1. The van der Waals surface area contributed by atoms with Crippen LogP contribution in [0.15, 0.2) is 81.4 Å². The molecule has 3 aromatic rings. The van der Waals surface area contributed by atoms with E-state index in [1.54, 1.807) is 24.3 Å². The molecule has 3 aromatic carbocycles. The smallest absolute Gasteiger partial charge is 0.260 e. The highest BCUT2D eigenvalue weighted by Gasteiger charge is 2.38. The fourth-order valence-corrected chi connectivity index (χ4v) is 5.49. The first-order valence-electron chi connectivity index (χ1n) is 11.2. The summed E-state index contributed by atoms with van der Waals surface area (Å²) in [6.07, 6.45) is 0. The summed E-state index contributed by atoms with van der Waals surface area (Å²) in [4.78, 5) is 31.4. The fourth-order valence-electron chi connectivity index (χ4n) is 3.73. The molecule has 1 heterocycles. The van der Waals surface area contributed by atoms with Crippen LogP contribution >= 0.6 is 39.3 Å². The number of hydrogen-bond acceptors (Lipinski definition) is 6. The number of anilines is 2. The van der Waals surface area contributed by atoms with Crippen molar-refractivity contribution in [1.82, 2.24) is 0 Å². The van der Waals surface area contributed by atoms with Crippen molar-refractivity contribution in [3.05, 3.63) is 92.6 Å². The average Bonchev–Trinajstić information content (AvgIpc) is 3.18. The predicted molar refractivity (Wildman–Crippen MR) is 155 cm³/mol. The zero-order valence-electron chi connectivity index (χ0n) is 20.3.